The number of aromatic nitrogens is 3. The molecule has 0 atom stereocenters. The van der Waals surface area contributed by atoms with Crippen molar-refractivity contribution in [3.8, 4) is 10.7 Å². The van der Waals surface area contributed by atoms with Gasteiger partial charge in [0.2, 0.25) is 11.0 Å². The molecule has 0 aliphatic heterocycles. The Kier molecular flexibility index (Phi) is 4.77. The quantitative estimate of drug-likeness (QED) is 0.728. The zero-order valence-corrected chi connectivity index (χ0v) is 13.1. The average molecular weight is 328 g/mol. The first-order valence-corrected chi connectivity index (χ1v) is 8.34. The first-order valence-electron chi connectivity index (χ1n) is 6.54. The van der Waals surface area contributed by atoms with Crippen molar-refractivity contribution in [1.82, 2.24) is 15.2 Å². The van der Waals surface area contributed by atoms with Crippen molar-refractivity contribution >= 4 is 34.1 Å². The lowest BCUT2D eigenvalue weighted by Gasteiger charge is -2.01. The van der Waals surface area contributed by atoms with Gasteiger partial charge in [-0.25, -0.2) is 0 Å². The summed E-state index contributed by atoms with van der Waals surface area (Å²) in [6.07, 6.45) is 1.70. The Balaban J connectivity index is 1.57. The van der Waals surface area contributed by atoms with E-state index in [1.54, 1.807) is 6.20 Å². The summed E-state index contributed by atoms with van der Waals surface area (Å²) in [7, 11) is 0. The molecule has 0 saturated heterocycles. The summed E-state index contributed by atoms with van der Waals surface area (Å²) in [6, 6.07) is 15.4. The zero-order valence-electron chi connectivity index (χ0n) is 11.5. The van der Waals surface area contributed by atoms with Crippen molar-refractivity contribution < 1.29 is 4.79 Å². The number of benzene rings is 1. The largest absolute Gasteiger partial charge is 0.300 e. The number of rotatable bonds is 5. The Morgan fingerprint density at radius 3 is 2.68 bits per heavy atom. The van der Waals surface area contributed by atoms with Crippen LogP contribution in [-0.4, -0.2) is 26.8 Å². The minimum absolute atomic E-state index is 0.0995. The molecular formula is C15H12N4OS2. The third-order valence-corrected chi connectivity index (χ3v) is 4.54. The van der Waals surface area contributed by atoms with E-state index in [2.05, 4.69) is 20.5 Å². The Hall–Kier alpha value is -2.25. The van der Waals surface area contributed by atoms with Gasteiger partial charge in [0.25, 0.3) is 0 Å². The number of carbonyl (C=O) groups excluding carboxylic acids is 1. The second kappa shape index (κ2) is 7.15. The average Bonchev–Trinajstić information content (AvgIpc) is 3.03. The van der Waals surface area contributed by atoms with Gasteiger partial charge in [0.15, 0.2) is 5.01 Å². The number of nitrogens with one attached hydrogen (secondary N) is 1. The van der Waals surface area contributed by atoms with E-state index < -0.39 is 0 Å². The van der Waals surface area contributed by atoms with Crippen LogP contribution in [0.5, 0.6) is 0 Å². The first-order chi connectivity index (χ1) is 10.8. The maximum absolute atomic E-state index is 11.9. The topological polar surface area (TPSA) is 67.8 Å². The van der Waals surface area contributed by atoms with Gasteiger partial charge in [0.05, 0.1) is 5.75 Å². The molecule has 2 heterocycles. The summed E-state index contributed by atoms with van der Waals surface area (Å²) in [4.78, 5) is 17.2. The molecule has 0 unspecified atom stereocenters. The second-order valence-electron chi connectivity index (χ2n) is 4.28. The predicted octanol–water partition coefficient (Wildman–Crippen LogP) is 3.33. The standard InChI is InChI=1S/C15H12N4OS2/c20-13(10-21-11-6-2-1-3-7-11)17-15-19-18-14(22-15)12-8-4-5-9-16-12/h1-9H,10H2,(H,17,19,20). The van der Waals surface area contributed by atoms with Crippen LogP contribution >= 0.6 is 23.1 Å². The normalized spacial score (nSPS) is 10.4. The van der Waals surface area contributed by atoms with E-state index in [0.29, 0.717) is 15.9 Å². The van der Waals surface area contributed by atoms with Crippen LogP contribution in [0.3, 0.4) is 0 Å². The lowest BCUT2D eigenvalue weighted by Crippen LogP contribution is -2.13. The predicted molar refractivity (Wildman–Crippen MR) is 88.9 cm³/mol. The van der Waals surface area contributed by atoms with E-state index in [9.17, 15) is 4.79 Å². The molecule has 0 saturated carbocycles. The van der Waals surface area contributed by atoms with Gasteiger partial charge in [-0.1, -0.05) is 35.6 Å². The molecule has 7 heteroatoms. The van der Waals surface area contributed by atoms with Gasteiger partial charge in [0.1, 0.15) is 5.69 Å². The van der Waals surface area contributed by atoms with Gasteiger partial charge in [-0.05, 0) is 24.3 Å². The second-order valence-corrected chi connectivity index (χ2v) is 6.30. The van der Waals surface area contributed by atoms with Gasteiger partial charge < -0.3 is 0 Å². The molecule has 0 spiro atoms. The van der Waals surface area contributed by atoms with Crippen LogP contribution in [0.25, 0.3) is 10.7 Å². The van der Waals surface area contributed by atoms with Crippen molar-refractivity contribution in [2.75, 3.05) is 11.1 Å². The smallest absolute Gasteiger partial charge is 0.236 e. The number of amides is 1. The maximum Gasteiger partial charge on any atom is 0.236 e. The molecule has 1 N–H and O–H groups in total. The fraction of sp³-hybridized carbons (Fsp3) is 0.0667. The van der Waals surface area contributed by atoms with Gasteiger partial charge in [-0.3, -0.25) is 15.1 Å². The van der Waals surface area contributed by atoms with Crippen LogP contribution in [0, 0.1) is 0 Å². The molecule has 110 valence electrons. The van der Waals surface area contributed by atoms with Gasteiger partial charge in [-0.15, -0.1) is 22.0 Å². The molecule has 3 rings (SSSR count). The summed E-state index contributed by atoms with van der Waals surface area (Å²) >= 11 is 2.79. The molecule has 0 aliphatic rings. The lowest BCUT2D eigenvalue weighted by atomic mass is 10.4. The molecule has 1 aromatic carbocycles. The molecule has 2 aromatic heterocycles. The number of thioether (sulfide) groups is 1. The summed E-state index contributed by atoms with van der Waals surface area (Å²) in [5.41, 5.74) is 0.749. The molecule has 0 aliphatic carbocycles. The van der Waals surface area contributed by atoms with Crippen molar-refractivity contribution in [2.45, 2.75) is 4.90 Å². The van der Waals surface area contributed by atoms with Gasteiger partial charge >= 0.3 is 0 Å². The van der Waals surface area contributed by atoms with E-state index in [4.69, 9.17) is 0 Å². The molecule has 0 radical (unpaired) electrons. The summed E-state index contributed by atoms with van der Waals surface area (Å²) in [5, 5.41) is 11.9. The maximum atomic E-state index is 11.9. The van der Waals surface area contributed by atoms with Crippen molar-refractivity contribution in [2.24, 2.45) is 0 Å². The van der Waals surface area contributed by atoms with E-state index in [0.717, 1.165) is 10.6 Å². The van der Waals surface area contributed by atoms with Crippen molar-refractivity contribution in [1.29, 1.82) is 0 Å². The number of hydrogen-bond acceptors (Lipinski definition) is 6. The Morgan fingerprint density at radius 2 is 1.91 bits per heavy atom. The fourth-order valence-corrected chi connectivity index (χ4v) is 3.14. The lowest BCUT2D eigenvalue weighted by molar-refractivity contribution is -0.113. The first kappa shape index (κ1) is 14.7. The van der Waals surface area contributed by atoms with Gasteiger partial charge in [-0.2, -0.15) is 0 Å². The van der Waals surface area contributed by atoms with Crippen LogP contribution in [0.4, 0.5) is 5.13 Å². The van der Waals surface area contributed by atoms with Crippen LogP contribution in [0.15, 0.2) is 59.6 Å². The molecule has 3 aromatic rings. The molecular weight excluding hydrogens is 316 g/mol. The number of carbonyl (C=O) groups is 1. The van der Waals surface area contributed by atoms with Crippen LogP contribution in [0.2, 0.25) is 0 Å². The van der Waals surface area contributed by atoms with Crippen LogP contribution in [0.1, 0.15) is 0 Å². The van der Waals surface area contributed by atoms with Crippen molar-refractivity contribution in [3.63, 3.8) is 0 Å². The number of pyridine rings is 1. The summed E-state index contributed by atoms with van der Waals surface area (Å²) in [6.45, 7) is 0. The molecule has 0 fully saturated rings. The van der Waals surface area contributed by atoms with E-state index >= 15 is 0 Å². The minimum Gasteiger partial charge on any atom is -0.300 e. The molecule has 22 heavy (non-hydrogen) atoms. The monoisotopic (exact) mass is 328 g/mol. The van der Waals surface area contributed by atoms with E-state index in [-0.39, 0.29) is 5.91 Å². The number of nitrogens with zero attached hydrogens (tertiary/aromatic N) is 3. The SMILES string of the molecule is O=C(CSc1ccccc1)Nc1nnc(-c2ccccn2)s1. The highest BCUT2D eigenvalue weighted by atomic mass is 32.2. The fourth-order valence-electron chi connectivity index (χ4n) is 1.69. The van der Waals surface area contributed by atoms with Gasteiger partial charge in [0, 0.05) is 11.1 Å². The molecule has 1 amide bonds. The third-order valence-electron chi connectivity index (χ3n) is 2.67. The number of anilines is 1. The zero-order chi connectivity index (χ0) is 15.2. The highest BCUT2D eigenvalue weighted by Gasteiger charge is 2.10. The van der Waals surface area contributed by atoms with E-state index in [1.165, 1.54) is 23.1 Å². The third kappa shape index (κ3) is 3.90. The van der Waals surface area contributed by atoms with E-state index in [1.807, 2.05) is 48.5 Å². The highest BCUT2D eigenvalue weighted by Crippen LogP contribution is 2.24. The Morgan fingerprint density at radius 1 is 1.09 bits per heavy atom. The number of hydrogen-bond donors (Lipinski definition) is 1. The summed E-state index contributed by atoms with van der Waals surface area (Å²) < 4.78 is 0. The van der Waals surface area contributed by atoms with Crippen LogP contribution in [-0.2, 0) is 4.79 Å². The Labute approximate surface area is 135 Å². The Bertz CT molecular complexity index is 747. The highest BCUT2D eigenvalue weighted by molar-refractivity contribution is 8.00. The molecule has 0 bridgehead atoms. The molecule has 5 nitrogen and oxygen atoms in total. The summed E-state index contributed by atoms with van der Waals surface area (Å²) in [5.74, 6) is 0.236. The van der Waals surface area contributed by atoms with Crippen molar-refractivity contribution in [3.05, 3.63) is 54.7 Å². The minimum atomic E-state index is -0.0995. The van der Waals surface area contributed by atoms with Crippen LogP contribution < -0.4 is 5.32 Å².